The minimum absolute atomic E-state index is 0.424. The Morgan fingerprint density at radius 1 is 1.08 bits per heavy atom. The van der Waals surface area contributed by atoms with Crippen LogP contribution in [0, 0.1) is 5.41 Å². The van der Waals surface area contributed by atoms with Crippen LogP contribution in [0.2, 0.25) is 0 Å². The van der Waals surface area contributed by atoms with Crippen molar-refractivity contribution in [2.24, 2.45) is 5.41 Å². The van der Waals surface area contributed by atoms with Crippen LogP contribution in [0.4, 0.5) is 0 Å². The fraction of sp³-hybridized carbons (Fsp3) is 0.917. The number of carbonyl (C=O) groups is 1. The van der Waals surface area contributed by atoms with Crippen molar-refractivity contribution >= 4 is 5.78 Å². The summed E-state index contributed by atoms with van der Waals surface area (Å²) in [6.45, 7) is 8.82. The molecule has 0 fully saturated rings. The van der Waals surface area contributed by atoms with Crippen molar-refractivity contribution in [3.8, 4) is 0 Å². The summed E-state index contributed by atoms with van der Waals surface area (Å²) >= 11 is 0. The number of Topliss-reactive ketones (excluding diaryl/α,β-unsaturated/α-hetero) is 1. The number of hydrogen-bond donors (Lipinski definition) is 0. The second kappa shape index (κ2) is 6.17. The van der Waals surface area contributed by atoms with Crippen LogP contribution in [0.15, 0.2) is 0 Å². The number of ketones is 1. The van der Waals surface area contributed by atoms with Gasteiger partial charge in [-0.1, -0.05) is 34.1 Å². The van der Waals surface area contributed by atoms with E-state index in [4.69, 9.17) is 0 Å². The lowest BCUT2D eigenvalue weighted by atomic mass is 9.89. The molecule has 0 atom stereocenters. The smallest absolute Gasteiger partial charge is 0.132 e. The third-order valence-electron chi connectivity index (χ3n) is 2.16. The van der Waals surface area contributed by atoms with Crippen LogP contribution >= 0.6 is 0 Å². The van der Waals surface area contributed by atoms with Gasteiger partial charge >= 0.3 is 0 Å². The van der Waals surface area contributed by atoms with E-state index in [1.807, 2.05) is 0 Å². The molecule has 0 aliphatic heterocycles. The molecule has 0 radical (unpaired) electrons. The molecular weight excluding hydrogens is 160 g/mol. The summed E-state index contributed by atoms with van der Waals surface area (Å²) in [5, 5.41) is 0. The van der Waals surface area contributed by atoms with Crippen molar-refractivity contribution in [2.75, 3.05) is 0 Å². The molecule has 0 N–H and O–H groups in total. The Labute approximate surface area is 82.9 Å². The molecule has 0 aliphatic rings. The molecule has 0 aromatic carbocycles. The van der Waals surface area contributed by atoms with Crippen LogP contribution in [0.3, 0.4) is 0 Å². The van der Waals surface area contributed by atoms with Gasteiger partial charge < -0.3 is 0 Å². The zero-order valence-electron chi connectivity index (χ0n) is 9.65. The summed E-state index contributed by atoms with van der Waals surface area (Å²) in [7, 11) is 0. The van der Waals surface area contributed by atoms with Crippen molar-refractivity contribution in [1.82, 2.24) is 0 Å². The van der Waals surface area contributed by atoms with Gasteiger partial charge in [0.25, 0.3) is 0 Å². The van der Waals surface area contributed by atoms with E-state index in [2.05, 4.69) is 27.7 Å². The van der Waals surface area contributed by atoms with Gasteiger partial charge in [-0.25, -0.2) is 0 Å². The molecule has 0 saturated heterocycles. The van der Waals surface area contributed by atoms with E-state index in [9.17, 15) is 4.79 Å². The lowest BCUT2D eigenvalue weighted by molar-refractivity contribution is -0.119. The first-order valence-electron chi connectivity index (χ1n) is 5.47. The zero-order valence-corrected chi connectivity index (χ0v) is 9.65. The van der Waals surface area contributed by atoms with Gasteiger partial charge in [-0.2, -0.15) is 0 Å². The molecule has 1 nitrogen and oxygen atoms in total. The molecule has 0 heterocycles. The molecule has 13 heavy (non-hydrogen) atoms. The van der Waals surface area contributed by atoms with E-state index >= 15 is 0 Å². The molecule has 0 unspecified atom stereocenters. The van der Waals surface area contributed by atoms with Crippen molar-refractivity contribution in [1.29, 1.82) is 0 Å². The minimum Gasteiger partial charge on any atom is -0.300 e. The SMILES string of the molecule is CCCC(=O)CCCCC(C)(C)C. The normalized spacial score (nSPS) is 11.7. The predicted octanol–water partition coefficient (Wildman–Crippen LogP) is 3.96. The summed E-state index contributed by atoms with van der Waals surface area (Å²) in [6.07, 6.45) is 6.07. The molecule has 0 spiro atoms. The summed E-state index contributed by atoms with van der Waals surface area (Å²) < 4.78 is 0. The molecular formula is C12H24O. The summed E-state index contributed by atoms with van der Waals surface area (Å²) in [5.74, 6) is 0.441. The molecule has 78 valence electrons. The highest BCUT2D eigenvalue weighted by Crippen LogP contribution is 2.22. The van der Waals surface area contributed by atoms with Gasteiger partial charge in [0.05, 0.1) is 0 Å². The van der Waals surface area contributed by atoms with Crippen LogP contribution in [0.1, 0.15) is 66.2 Å². The summed E-state index contributed by atoms with van der Waals surface area (Å²) in [5.41, 5.74) is 0.424. The Hall–Kier alpha value is -0.330. The second-order valence-corrected chi connectivity index (χ2v) is 5.06. The maximum atomic E-state index is 11.2. The van der Waals surface area contributed by atoms with Gasteiger partial charge in [-0.3, -0.25) is 4.79 Å². The van der Waals surface area contributed by atoms with E-state index in [0.717, 1.165) is 25.7 Å². The minimum atomic E-state index is 0.424. The Morgan fingerprint density at radius 2 is 1.69 bits per heavy atom. The fourth-order valence-corrected chi connectivity index (χ4v) is 1.38. The van der Waals surface area contributed by atoms with Crippen molar-refractivity contribution < 1.29 is 4.79 Å². The molecule has 1 heteroatoms. The van der Waals surface area contributed by atoms with Crippen LogP contribution < -0.4 is 0 Å². The molecule has 0 saturated carbocycles. The first-order chi connectivity index (χ1) is 5.95. The lowest BCUT2D eigenvalue weighted by Crippen LogP contribution is -2.05. The van der Waals surface area contributed by atoms with Gasteiger partial charge in [-0.05, 0) is 24.7 Å². The van der Waals surface area contributed by atoms with E-state index in [1.165, 1.54) is 12.8 Å². The third kappa shape index (κ3) is 9.59. The van der Waals surface area contributed by atoms with Gasteiger partial charge in [0, 0.05) is 12.8 Å². The van der Waals surface area contributed by atoms with Crippen LogP contribution in [-0.4, -0.2) is 5.78 Å². The molecule has 0 aromatic heterocycles. The van der Waals surface area contributed by atoms with Gasteiger partial charge in [0.2, 0.25) is 0 Å². The van der Waals surface area contributed by atoms with Crippen molar-refractivity contribution in [3.63, 3.8) is 0 Å². The number of unbranched alkanes of at least 4 members (excludes halogenated alkanes) is 1. The average Bonchev–Trinajstić information content (AvgIpc) is 1.97. The standard InChI is InChI=1S/C12H24O/c1-5-8-11(13)9-6-7-10-12(2,3)4/h5-10H2,1-4H3. The highest BCUT2D eigenvalue weighted by atomic mass is 16.1. The van der Waals surface area contributed by atoms with E-state index < -0.39 is 0 Å². The first kappa shape index (κ1) is 12.7. The monoisotopic (exact) mass is 184 g/mol. The molecule has 0 bridgehead atoms. The van der Waals surface area contributed by atoms with Crippen molar-refractivity contribution in [2.45, 2.75) is 66.2 Å². The quantitative estimate of drug-likeness (QED) is 0.571. The Morgan fingerprint density at radius 3 is 2.15 bits per heavy atom. The molecule has 0 aromatic rings. The second-order valence-electron chi connectivity index (χ2n) is 5.06. The van der Waals surface area contributed by atoms with E-state index in [0.29, 0.717) is 11.2 Å². The zero-order chi connectivity index (χ0) is 10.3. The third-order valence-corrected chi connectivity index (χ3v) is 2.16. The number of hydrogen-bond acceptors (Lipinski definition) is 1. The lowest BCUT2D eigenvalue weighted by Gasteiger charge is -2.17. The number of rotatable bonds is 6. The number of carbonyl (C=O) groups excluding carboxylic acids is 1. The maximum absolute atomic E-state index is 11.2. The van der Waals surface area contributed by atoms with E-state index in [-0.39, 0.29) is 0 Å². The van der Waals surface area contributed by atoms with Gasteiger partial charge in [-0.15, -0.1) is 0 Å². The van der Waals surface area contributed by atoms with Gasteiger partial charge in [0.15, 0.2) is 0 Å². The highest BCUT2D eigenvalue weighted by Gasteiger charge is 2.09. The average molecular weight is 184 g/mol. The maximum Gasteiger partial charge on any atom is 0.132 e. The van der Waals surface area contributed by atoms with E-state index in [1.54, 1.807) is 0 Å². The summed E-state index contributed by atoms with van der Waals surface area (Å²) in [6, 6.07) is 0. The Kier molecular flexibility index (Phi) is 6.02. The van der Waals surface area contributed by atoms with Gasteiger partial charge in [0.1, 0.15) is 5.78 Å². The van der Waals surface area contributed by atoms with Crippen LogP contribution in [0.5, 0.6) is 0 Å². The topological polar surface area (TPSA) is 17.1 Å². The highest BCUT2D eigenvalue weighted by molar-refractivity contribution is 5.78. The van der Waals surface area contributed by atoms with Crippen LogP contribution in [0.25, 0.3) is 0 Å². The fourth-order valence-electron chi connectivity index (χ4n) is 1.38. The summed E-state index contributed by atoms with van der Waals surface area (Å²) in [4.78, 5) is 11.2. The Balaban J connectivity index is 3.31. The molecule has 0 aliphatic carbocycles. The molecule has 0 amide bonds. The largest absolute Gasteiger partial charge is 0.300 e. The predicted molar refractivity (Wildman–Crippen MR) is 57.8 cm³/mol. The van der Waals surface area contributed by atoms with Crippen LogP contribution in [-0.2, 0) is 4.79 Å². The van der Waals surface area contributed by atoms with Crippen molar-refractivity contribution in [3.05, 3.63) is 0 Å². The first-order valence-corrected chi connectivity index (χ1v) is 5.47. The Bertz CT molecular complexity index is 142. The molecule has 0 rings (SSSR count).